The number of hydrogen-bond acceptors (Lipinski definition) is 4. The van der Waals surface area contributed by atoms with Crippen molar-refractivity contribution in [1.29, 1.82) is 0 Å². The van der Waals surface area contributed by atoms with Gasteiger partial charge in [-0.15, -0.1) is 5.10 Å². The van der Waals surface area contributed by atoms with Crippen LogP contribution in [0.3, 0.4) is 0 Å². The number of likely N-dealkylation sites (tertiary alicyclic amines) is 1. The molecule has 3 heterocycles. The van der Waals surface area contributed by atoms with Crippen molar-refractivity contribution >= 4 is 11.7 Å². The molecule has 1 aliphatic heterocycles. The Balaban J connectivity index is 1.52. The van der Waals surface area contributed by atoms with Crippen LogP contribution in [0, 0.1) is 19.8 Å². The second kappa shape index (κ2) is 7.57. The van der Waals surface area contributed by atoms with Gasteiger partial charge in [-0.3, -0.25) is 4.79 Å². The largest absolute Gasteiger partial charge is 0.453 e. The number of halogens is 3. The molecule has 0 radical (unpaired) electrons. The molecule has 4 rings (SSSR count). The summed E-state index contributed by atoms with van der Waals surface area (Å²) in [4.78, 5) is 22.7. The van der Waals surface area contributed by atoms with Gasteiger partial charge in [0.2, 0.25) is 5.91 Å². The molecule has 9 heteroatoms. The highest BCUT2D eigenvalue weighted by Crippen LogP contribution is 2.35. The van der Waals surface area contributed by atoms with Crippen LogP contribution in [-0.2, 0) is 17.4 Å². The van der Waals surface area contributed by atoms with Gasteiger partial charge in [-0.1, -0.05) is 12.8 Å². The summed E-state index contributed by atoms with van der Waals surface area (Å²) in [6.07, 6.45) is 3.14. The minimum Gasteiger partial charge on any atom is -0.339 e. The molecule has 1 aliphatic carbocycles. The zero-order valence-corrected chi connectivity index (χ0v) is 16.8. The zero-order valence-electron chi connectivity index (χ0n) is 16.8. The Morgan fingerprint density at radius 1 is 1.10 bits per heavy atom. The molecular weight excluding hydrogens is 383 g/mol. The molecule has 0 aromatic carbocycles. The minimum atomic E-state index is -4.62. The maximum atomic E-state index is 13.0. The first kappa shape index (κ1) is 20.1. The lowest BCUT2D eigenvalue weighted by Gasteiger charge is -2.44. The Bertz CT molecular complexity index is 921. The molecule has 0 spiro atoms. The highest BCUT2D eigenvalue weighted by atomic mass is 19.4. The van der Waals surface area contributed by atoms with Crippen LogP contribution in [0.1, 0.15) is 67.7 Å². The number of carbonyl (C=O) groups excluding carboxylic acids is 1. The molecule has 158 valence electrons. The maximum absolute atomic E-state index is 13.0. The van der Waals surface area contributed by atoms with Crippen LogP contribution >= 0.6 is 0 Å². The van der Waals surface area contributed by atoms with Crippen molar-refractivity contribution in [2.75, 3.05) is 6.54 Å². The number of fused-ring (bicyclic) bond motifs is 2. The molecule has 2 fully saturated rings. The summed E-state index contributed by atoms with van der Waals surface area (Å²) in [6, 6.07) is 0.359. The van der Waals surface area contributed by atoms with Crippen LogP contribution < -0.4 is 0 Å². The lowest BCUT2D eigenvalue weighted by molar-refractivity contribution is -0.144. The number of rotatable bonds is 3. The normalized spacial score (nSPS) is 22.7. The Kier molecular flexibility index (Phi) is 5.25. The van der Waals surface area contributed by atoms with Gasteiger partial charge in [-0.2, -0.15) is 18.2 Å². The first-order valence-electron chi connectivity index (χ1n) is 10.3. The fourth-order valence-corrected chi connectivity index (χ4v) is 5.00. The van der Waals surface area contributed by atoms with E-state index in [4.69, 9.17) is 0 Å². The number of carbonyl (C=O) groups is 1. The molecule has 2 atom stereocenters. The Labute approximate surface area is 167 Å². The third-order valence-electron chi connectivity index (χ3n) is 6.45. The van der Waals surface area contributed by atoms with E-state index in [1.807, 2.05) is 0 Å². The van der Waals surface area contributed by atoms with E-state index in [0.29, 0.717) is 36.2 Å². The number of aromatic nitrogens is 4. The highest BCUT2D eigenvalue weighted by Gasteiger charge is 2.37. The quantitative estimate of drug-likeness (QED) is 0.772. The van der Waals surface area contributed by atoms with Gasteiger partial charge in [0.1, 0.15) is 0 Å². The lowest BCUT2D eigenvalue weighted by Crippen LogP contribution is -2.49. The van der Waals surface area contributed by atoms with Crippen LogP contribution in [0.2, 0.25) is 0 Å². The molecule has 2 aliphatic rings. The fraction of sp³-hybridized carbons (Fsp3) is 0.700. The smallest absolute Gasteiger partial charge is 0.339 e. The summed E-state index contributed by atoms with van der Waals surface area (Å²) >= 11 is 0. The summed E-state index contributed by atoms with van der Waals surface area (Å²) in [5, 5.41) is 3.58. The molecule has 1 amide bonds. The van der Waals surface area contributed by atoms with Crippen molar-refractivity contribution in [3.05, 3.63) is 22.8 Å². The van der Waals surface area contributed by atoms with Crippen LogP contribution in [0.15, 0.2) is 0 Å². The van der Waals surface area contributed by atoms with E-state index in [1.165, 1.54) is 25.7 Å². The van der Waals surface area contributed by atoms with Crippen molar-refractivity contribution in [3.63, 3.8) is 0 Å². The van der Waals surface area contributed by atoms with Crippen molar-refractivity contribution in [3.8, 4) is 0 Å². The molecule has 0 unspecified atom stereocenters. The summed E-state index contributed by atoms with van der Waals surface area (Å²) < 4.78 is 39.9. The van der Waals surface area contributed by atoms with Crippen LogP contribution in [-0.4, -0.2) is 43.0 Å². The van der Waals surface area contributed by atoms with Gasteiger partial charge in [0.05, 0.1) is 0 Å². The van der Waals surface area contributed by atoms with Gasteiger partial charge in [-0.25, -0.2) is 9.50 Å². The Hall–Kier alpha value is -2.19. The number of piperidine rings is 1. The van der Waals surface area contributed by atoms with Gasteiger partial charge in [0.25, 0.3) is 11.6 Å². The van der Waals surface area contributed by atoms with Crippen LogP contribution in [0.5, 0.6) is 0 Å². The summed E-state index contributed by atoms with van der Waals surface area (Å²) in [5.74, 6) is -0.505. The monoisotopic (exact) mass is 409 g/mol. The second-order valence-corrected chi connectivity index (χ2v) is 8.25. The van der Waals surface area contributed by atoms with E-state index in [9.17, 15) is 18.0 Å². The molecule has 1 saturated carbocycles. The lowest BCUT2D eigenvalue weighted by atomic mass is 9.78. The fourth-order valence-electron chi connectivity index (χ4n) is 5.00. The van der Waals surface area contributed by atoms with E-state index in [-0.39, 0.29) is 11.7 Å². The molecular formula is C20H26F3N5O. The van der Waals surface area contributed by atoms with E-state index in [2.05, 4.69) is 20.0 Å². The Morgan fingerprint density at radius 2 is 1.83 bits per heavy atom. The van der Waals surface area contributed by atoms with Gasteiger partial charge in [0.15, 0.2) is 0 Å². The van der Waals surface area contributed by atoms with E-state index in [0.717, 1.165) is 29.5 Å². The third-order valence-corrected chi connectivity index (χ3v) is 6.45. The molecule has 0 N–H and O–H groups in total. The summed E-state index contributed by atoms with van der Waals surface area (Å²) in [5.41, 5.74) is 1.91. The van der Waals surface area contributed by atoms with Crippen LogP contribution in [0.25, 0.3) is 5.78 Å². The van der Waals surface area contributed by atoms with Gasteiger partial charge in [-0.05, 0) is 57.4 Å². The van der Waals surface area contributed by atoms with E-state index >= 15 is 0 Å². The molecule has 29 heavy (non-hydrogen) atoms. The molecule has 2 aromatic rings. The maximum Gasteiger partial charge on any atom is 0.453 e. The average molecular weight is 409 g/mol. The number of alkyl halides is 3. The zero-order chi connectivity index (χ0) is 20.8. The molecule has 6 nitrogen and oxygen atoms in total. The SMILES string of the molecule is Cc1nc2nc(C(F)(F)F)nn2c(C)c1CCC(=O)N1CCC[C@H]2CCCC[C@@H]21. The topological polar surface area (TPSA) is 63.4 Å². The molecule has 0 bridgehead atoms. The Morgan fingerprint density at radius 3 is 2.59 bits per heavy atom. The standard InChI is InChI=1S/C20H26F3N5O/c1-12-15(13(2)28-19(24-12)25-18(26-28)20(21,22)23)9-10-17(29)27-11-5-7-14-6-3-4-8-16(14)27/h14,16H,3-11H2,1-2H3/t14-,16+/m1/s1. The number of nitrogens with zero attached hydrogens (tertiary/aromatic N) is 5. The minimum absolute atomic E-state index is 0.0662. The van der Waals surface area contributed by atoms with Crippen molar-refractivity contribution < 1.29 is 18.0 Å². The van der Waals surface area contributed by atoms with Gasteiger partial charge < -0.3 is 4.90 Å². The summed E-state index contributed by atoms with van der Waals surface area (Å²) in [6.45, 7) is 4.26. The van der Waals surface area contributed by atoms with E-state index < -0.39 is 12.0 Å². The number of aryl methyl sites for hydroxylation is 2. The first-order chi connectivity index (χ1) is 13.8. The predicted octanol–water partition coefficient (Wildman–Crippen LogP) is 3.87. The van der Waals surface area contributed by atoms with Crippen molar-refractivity contribution in [2.24, 2.45) is 5.92 Å². The van der Waals surface area contributed by atoms with Crippen LogP contribution in [0.4, 0.5) is 13.2 Å². The molecule has 2 aromatic heterocycles. The molecule has 1 saturated heterocycles. The van der Waals surface area contributed by atoms with Crippen molar-refractivity contribution in [1.82, 2.24) is 24.5 Å². The predicted molar refractivity (Wildman–Crippen MR) is 100 cm³/mol. The summed E-state index contributed by atoms with van der Waals surface area (Å²) in [7, 11) is 0. The first-order valence-corrected chi connectivity index (χ1v) is 10.3. The van der Waals surface area contributed by atoms with Gasteiger partial charge >= 0.3 is 6.18 Å². The second-order valence-electron chi connectivity index (χ2n) is 8.25. The van der Waals surface area contributed by atoms with Gasteiger partial charge in [0, 0.05) is 30.4 Å². The van der Waals surface area contributed by atoms with Crippen molar-refractivity contribution in [2.45, 2.75) is 77.4 Å². The highest BCUT2D eigenvalue weighted by molar-refractivity contribution is 5.77. The number of amides is 1. The third kappa shape index (κ3) is 3.83. The van der Waals surface area contributed by atoms with E-state index in [1.54, 1.807) is 13.8 Å². The average Bonchev–Trinajstić information content (AvgIpc) is 3.12. The number of hydrogen-bond donors (Lipinski definition) is 0.